The maximum Gasteiger partial charge on any atom is 0.185 e. The van der Waals surface area contributed by atoms with Gasteiger partial charge in [-0.15, -0.1) is 11.3 Å². The molecule has 0 saturated carbocycles. The van der Waals surface area contributed by atoms with Crippen molar-refractivity contribution in [3.63, 3.8) is 0 Å². The van der Waals surface area contributed by atoms with Gasteiger partial charge in [0.05, 0.1) is 13.2 Å². The average molecular weight is 212 g/mol. The van der Waals surface area contributed by atoms with Crippen LogP contribution in [0.2, 0.25) is 0 Å². The third-order valence-electron chi connectivity index (χ3n) is 2.14. The molecular formula is C10H12O3S. The van der Waals surface area contributed by atoms with E-state index in [1.165, 1.54) is 4.88 Å². The van der Waals surface area contributed by atoms with Crippen LogP contribution in [0.4, 0.5) is 0 Å². The lowest BCUT2D eigenvalue weighted by Crippen LogP contribution is -1.99. The van der Waals surface area contributed by atoms with Gasteiger partial charge in [0.1, 0.15) is 6.29 Å². The lowest BCUT2D eigenvalue weighted by Gasteiger charge is -2.09. The molecule has 0 amide bonds. The molecule has 0 radical (unpaired) electrons. The smallest absolute Gasteiger partial charge is 0.185 e. The van der Waals surface area contributed by atoms with Gasteiger partial charge in [-0.05, 0) is 17.9 Å². The Morgan fingerprint density at radius 2 is 2.29 bits per heavy atom. The zero-order valence-corrected chi connectivity index (χ0v) is 8.59. The van der Waals surface area contributed by atoms with Gasteiger partial charge in [0.15, 0.2) is 6.29 Å². The van der Waals surface area contributed by atoms with Gasteiger partial charge in [-0.25, -0.2) is 0 Å². The summed E-state index contributed by atoms with van der Waals surface area (Å²) < 4.78 is 10.8. The highest BCUT2D eigenvalue weighted by Gasteiger charge is 2.21. The lowest BCUT2D eigenvalue weighted by molar-refractivity contribution is -0.107. The quantitative estimate of drug-likeness (QED) is 0.715. The maximum absolute atomic E-state index is 10.3. The van der Waals surface area contributed by atoms with Crippen LogP contribution >= 0.6 is 11.3 Å². The van der Waals surface area contributed by atoms with Crippen molar-refractivity contribution in [2.24, 2.45) is 0 Å². The van der Waals surface area contributed by atoms with E-state index in [2.05, 4.69) is 0 Å². The van der Waals surface area contributed by atoms with Crippen LogP contribution in [0.25, 0.3) is 0 Å². The van der Waals surface area contributed by atoms with Crippen molar-refractivity contribution in [1.29, 1.82) is 0 Å². The van der Waals surface area contributed by atoms with Crippen LogP contribution in [0, 0.1) is 0 Å². The fraction of sp³-hybridized carbons (Fsp3) is 0.500. The number of rotatable bonds is 4. The van der Waals surface area contributed by atoms with Gasteiger partial charge in [0, 0.05) is 16.9 Å². The van der Waals surface area contributed by atoms with E-state index in [1.807, 2.05) is 11.4 Å². The Hall–Kier alpha value is -0.710. The molecule has 0 aliphatic carbocycles. The van der Waals surface area contributed by atoms with E-state index >= 15 is 0 Å². The molecule has 0 N–H and O–H groups in total. The van der Waals surface area contributed by atoms with E-state index in [1.54, 1.807) is 11.3 Å². The second-order valence-electron chi connectivity index (χ2n) is 3.08. The summed E-state index contributed by atoms with van der Waals surface area (Å²) in [4.78, 5) is 11.5. The summed E-state index contributed by atoms with van der Waals surface area (Å²) >= 11 is 1.66. The van der Waals surface area contributed by atoms with Crippen molar-refractivity contribution in [2.45, 2.75) is 19.1 Å². The Bertz CT molecular complexity index is 302. The van der Waals surface area contributed by atoms with Crippen molar-refractivity contribution in [3.8, 4) is 0 Å². The van der Waals surface area contributed by atoms with Crippen molar-refractivity contribution in [1.82, 2.24) is 0 Å². The summed E-state index contributed by atoms with van der Waals surface area (Å²) in [5, 5.41) is 2.01. The van der Waals surface area contributed by atoms with Gasteiger partial charge in [-0.3, -0.25) is 0 Å². The lowest BCUT2D eigenvalue weighted by atomic mass is 10.2. The van der Waals surface area contributed by atoms with Gasteiger partial charge < -0.3 is 14.3 Å². The number of aryl methyl sites for hydroxylation is 1. The van der Waals surface area contributed by atoms with Crippen LogP contribution in [-0.2, 0) is 20.7 Å². The average Bonchev–Trinajstić information content (AvgIpc) is 2.84. The van der Waals surface area contributed by atoms with Crippen molar-refractivity contribution in [3.05, 3.63) is 21.9 Å². The van der Waals surface area contributed by atoms with E-state index in [4.69, 9.17) is 9.47 Å². The highest BCUT2D eigenvalue weighted by atomic mass is 32.1. The summed E-state index contributed by atoms with van der Waals surface area (Å²) in [6, 6.07) is 2.01. The molecule has 0 aromatic carbocycles. The van der Waals surface area contributed by atoms with E-state index in [0.717, 1.165) is 18.3 Å². The summed E-state index contributed by atoms with van der Waals surface area (Å²) in [7, 11) is 0. The minimum absolute atomic E-state index is 0.206. The first kappa shape index (κ1) is 9.83. The molecule has 1 fully saturated rings. The van der Waals surface area contributed by atoms with Crippen molar-refractivity contribution < 1.29 is 14.3 Å². The van der Waals surface area contributed by atoms with Crippen LogP contribution in [0.15, 0.2) is 11.4 Å². The number of aldehydes is 1. The Balaban J connectivity index is 2.07. The van der Waals surface area contributed by atoms with E-state index in [9.17, 15) is 4.79 Å². The van der Waals surface area contributed by atoms with Crippen LogP contribution in [0.1, 0.15) is 23.2 Å². The minimum atomic E-state index is -0.206. The van der Waals surface area contributed by atoms with Gasteiger partial charge in [-0.2, -0.15) is 0 Å². The molecule has 0 atom stereocenters. The number of thiophene rings is 1. The predicted octanol–water partition coefficient (Wildman–Crippen LogP) is 1.93. The minimum Gasteiger partial charge on any atom is -0.346 e. The first-order valence-electron chi connectivity index (χ1n) is 4.65. The van der Waals surface area contributed by atoms with E-state index in [0.29, 0.717) is 19.6 Å². The molecule has 0 bridgehead atoms. The molecular weight excluding hydrogens is 200 g/mol. The van der Waals surface area contributed by atoms with Gasteiger partial charge in [0.2, 0.25) is 0 Å². The zero-order chi connectivity index (χ0) is 9.80. The molecule has 2 heterocycles. The summed E-state index contributed by atoms with van der Waals surface area (Å²) in [6.07, 6.45) is 2.10. The van der Waals surface area contributed by atoms with E-state index < -0.39 is 0 Å². The topological polar surface area (TPSA) is 35.5 Å². The highest BCUT2D eigenvalue weighted by Crippen LogP contribution is 2.30. The van der Waals surface area contributed by atoms with E-state index in [-0.39, 0.29) is 6.29 Å². The molecule has 0 unspecified atom stereocenters. The number of ether oxygens (including phenoxy) is 2. The van der Waals surface area contributed by atoms with Crippen LogP contribution in [-0.4, -0.2) is 19.5 Å². The molecule has 2 rings (SSSR count). The third kappa shape index (κ3) is 2.03. The number of carbonyl (C=O) groups is 1. The first-order chi connectivity index (χ1) is 6.92. The Morgan fingerprint density at radius 3 is 3.00 bits per heavy atom. The third-order valence-corrected chi connectivity index (χ3v) is 3.14. The molecule has 76 valence electrons. The molecule has 3 nitrogen and oxygen atoms in total. The fourth-order valence-electron chi connectivity index (χ4n) is 1.49. The molecule has 14 heavy (non-hydrogen) atoms. The summed E-state index contributed by atoms with van der Waals surface area (Å²) in [6.45, 7) is 1.32. The highest BCUT2D eigenvalue weighted by molar-refractivity contribution is 7.10. The molecule has 1 aliphatic heterocycles. The zero-order valence-electron chi connectivity index (χ0n) is 7.77. The fourth-order valence-corrected chi connectivity index (χ4v) is 2.41. The summed E-state index contributed by atoms with van der Waals surface area (Å²) in [5.74, 6) is 0. The van der Waals surface area contributed by atoms with Crippen molar-refractivity contribution in [2.75, 3.05) is 13.2 Å². The normalized spacial score (nSPS) is 17.4. The molecule has 0 spiro atoms. The summed E-state index contributed by atoms with van der Waals surface area (Å²) in [5.41, 5.74) is 1.09. The van der Waals surface area contributed by atoms with Crippen LogP contribution < -0.4 is 0 Å². The van der Waals surface area contributed by atoms with Gasteiger partial charge in [0.25, 0.3) is 0 Å². The van der Waals surface area contributed by atoms with Crippen LogP contribution in [0.5, 0.6) is 0 Å². The Morgan fingerprint density at radius 1 is 1.50 bits per heavy atom. The van der Waals surface area contributed by atoms with Crippen LogP contribution in [0.3, 0.4) is 0 Å². The number of hydrogen-bond acceptors (Lipinski definition) is 4. The Kier molecular flexibility index (Phi) is 3.29. The first-order valence-corrected chi connectivity index (χ1v) is 5.53. The van der Waals surface area contributed by atoms with Crippen molar-refractivity contribution >= 4 is 17.6 Å². The predicted molar refractivity (Wildman–Crippen MR) is 53.3 cm³/mol. The molecule has 4 heteroatoms. The molecule has 1 aromatic rings. The van der Waals surface area contributed by atoms with Gasteiger partial charge >= 0.3 is 0 Å². The Labute approximate surface area is 86.6 Å². The SMILES string of the molecule is O=CCCc1sccc1C1OCCO1. The standard InChI is InChI=1S/C10H12O3S/c11-4-1-2-9-8(3-7-14-9)10-12-5-6-13-10/h3-4,7,10H,1-2,5-6H2. The second-order valence-corrected chi connectivity index (χ2v) is 4.08. The maximum atomic E-state index is 10.3. The molecule has 1 saturated heterocycles. The van der Waals surface area contributed by atoms with Gasteiger partial charge in [-0.1, -0.05) is 0 Å². The monoisotopic (exact) mass is 212 g/mol. The number of carbonyl (C=O) groups excluding carboxylic acids is 1. The molecule has 1 aromatic heterocycles. The number of hydrogen-bond donors (Lipinski definition) is 0. The second kappa shape index (κ2) is 4.68. The largest absolute Gasteiger partial charge is 0.346 e. The molecule has 1 aliphatic rings.